The molecule has 19 heavy (non-hydrogen) atoms. The molecule has 2 atom stereocenters. The van der Waals surface area contributed by atoms with Gasteiger partial charge >= 0.3 is 0 Å². The Bertz CT molecular complexity index is 547. The van der Waals surface area contributed by atoms with Crippen LogP contribution in [0.15, 0.2) is 16.8 Å². The van der Waals surface area contributed by atoms with E-state index in [0.29, 0.717) is 11.7 Å². The van der Waals surface area contributed by atoms with E-state index in [0.717, 1.165) is 24.6 Å². The fraction of sp³-hybridized carbons (Fsp3) is 0.615. The third-order valence-electron chi connectivity index (χ3n) is 3.77. The molecule has 2 unspecified atom stereocenters. The second-order valence-electron chi connectivity index (χ2n) is 5.14. The molecule has 0 aliphatic carbocycles. The second-order valence-corrected chi connectivity index (χ2v) is 5.14. The highest BCUT2D eigenvalue weighted by molar-refractivity contribution is 5.46. The Balaban J connectivity index is 1.77. The molecule has 1 saturated heterocycles. The minimum Gasteiger partial charge on any atom is -0.337 e. The predicted octanol–water partition coefficient (Wildman–Crippen LogP) is 1.92. The van der Waals surface area contributed by atoms with Gasteiger partial charge in [-0.1, -0.05) is 18.5 Å². The molecule has 0 radical (unpaired) electrons. The normalized spacial score (nSPS) is 23.7. The maximum Gasteiger partial charge on any atom is 0.244 e. The van der Waals surface area contributed by atoms with E-state index in [1.807, 2.05) is 19.3 Å². The molecule has 1 N–H and O–H groups in total. The molecule has 1 aliphatic rings. The van der Waals surface area contributed by atoms with Crippen molar-refractivity contribution in [1.82, 2.24) is 25.2 Å². The van der Waals surface area contributed by atoms with Crippen molar-refractivity contribution in [3.63, 3.8) is 0 Å². The average Bonchev–Trinajstić information content (AvgIpc) is 3.07. The Hall–Kier alpha value is -1.69. The average molecular weight is 261 g/mol. The van der Waals surface area contributed by atoms with Crippen molar-refractivity contribution in [1.29, 1.82) is 0 Å². The lowest BCUT2D eigenvalue weighted by Crippen LogP contribution is -2.31. The maximum atomic E-state index is 5.39. The van der Waals surface area contributed by atoms with E-state index in [1.54, 1.807) is 4.68 Å². The molecule has 0 bridgehead atoms. The summed E-state index contributed by atoms with van der Waals surface area (Å²) in [6.45, 7) is 3.25. The van der Waals surface area contributed by atoms with Gasteiger partial charge in [0, 0.05) is 13.2 Å². The predicted molar refractivity (Wildman–Crippen MR) is 70.3 cm³/mol. The molecule has 0 aromatic carbocycles. The summed E-state index contributed by atoms with van der Waals surface area (Å²) >= 11 is 0. The van der Waals surface area contributed by atoms with Crippen LogP contribution in [0.4, 0.5) is 0 Å². The van der Waals surface area contributed by atoms with Crippen molar-refractivity contribution in [3.05, 3.63) is 18.2 Å². The SMILES string of the molecule is CCC1CCNC(c2nc(-c3ccn(C)n3)no2)C1. The van der Waals surface area contributed by atoms with E-state index in [2.05, 4.69) is 27.5 Å². The number of hydrogen-bond donors (Lipinski definition) is 1. The first-order chi connectivity index (χ1) is 9.26. The molecular weight excluding hydrogens is 242 g/mol. The van der Waals surface area contributed by atoms with Gasteiger partial charge in [0.1, 0.15) is 5.69 Å². The highest BCUT2D eigenvalue weighted by Gasteiger charge is 2.26. The number of nitrogens with one attached hydrogen (secondary N) is 1. The molecular formula is C13H19N5O. The first-order valence-electron chi connectivity index (χ1n) is 6.83. The maximum absolute atomic E-state index is 5.39. The van der Waals surface area contributed by atoms with E-state index >= 15 is 0 Å². The van der Waals surface area contributed by atoms with Crippen LogP contribution in [0, 0.1) is 5.92 Å². The van der Waals surface area contributed by atoms with Crippen LogP contribution in [0.3, 0.4) is 0 Å². The van der Waals surface area contributed by atoms with Crippen molar-refractivity contribution in [2.75, 3.05) is 6.54 Å². The molecule has 6 nitrogen and oxygen atoms in total. The van der Waals surface area contributed by atoms with Gasteiger partial charge in [-0.2, -0.15) is 10.1 Å². The highest BCUT2D eigenvalue weighted by Crippen LogP contribution is 2.28. The summed E-state index contributed by atoms with van der Waals surface area (Å²) in [6.07, 6.45) is 5.38. The van der Waals surface area contributed by atoms with Crippen LogP contribution in [-0.4, -0.2) is 26.5 Å². The smallest absolute Gasteiger partial charge is 0.244 e. The summed E-state index contributed by atoms with van der Waals surface area (Å²) < 4.78 is 7.12. The van der Waals surface area contributed by atoms with Crippen LogP contribution in [0.5, 0.6) is 0 Å². The van der Waals surface area contributed by atoms with Crippen molar-refractivity contribution < 1.29 is 4.52 Å². The molecule has 3 rings (SSSR count). The quantitative estimate of drug-likeness (QED) is 0.914. The van der Waals surface area contributed by atoms with E-state index in [9.17, 15) is 0 Å². The molecule has 102 valence electrons. The second kappa shape index (κ2) is 5.13. The molecule has 2 aromatic rings. The topological polar surface area (TPSA) is 68.8 Å². The summed E-state index contributed by atoms with van der Waals surface area (Å²) in [5.41, 5.74) is 0.750. The molecule has 0 amide bonds. The lowest BCUT2D eigenvalue weighted by Gasteiger charge is -2.27. The summed E-state index contributed by atoms with van der Waals surface area (Å²) in [4.78, 5) is 4.47. The molecule has 2 aromatic heterocycles. The molecule has 3 heterocycles. The van der Waals surface area contributed by atoms with Gasteiger partial charge < -0.3 is 9.84 Å². The van der Waals surface area contributed by atoms with E-state index in [1.165, 1.54) is 12.8 Å². The monoisotopic (exact) mass is 261 g/mol. The number of aryl methyl sites for hydroxylation is 1. The largest absolute Gasteiger partial charge is 0.337 e. The van der Waals surface area contributed by atoms with Crippen LogP contribution in [0.2, 0.25) is 0 Å². The summed E-state index contributed by atoms with van der Waals surface area (Å²) in [5.74, 6) is 1.99. The van der Waals surface area contributed by atoms with Crippen molar-refractivity contribution in [3.8, 4) is 11.5 Å². The van der Waals surface area contributed by atoms with Crippen LogP contribution >= 0.6 is 0 Å². The van der Waals surface area contributed by atoms with Gasteiger partial charge in [-0.25, -0.2) is 0 Å². The number of piperidine rings is 1. The molecule has 0 spiro atoms. The molecule has 1 fully saturated rings. The number of aromatic nitrogens is 4. The standard InChI is InChI=1S/C13H19N5O/c1-3-9-4-6-14-11(8-9)13-15-12(17-19-13)10-5-7-18(2)16-10/h5,7,9,11,14H,3-4,6,8H2,1-2H3. The minimum atomic E-state index is 0.184. The van der Waals surface area contributed by atoms with Crippen molar-refractivity contribution >= 4 is 0 Å². The van der Waals surface area contributed by atoms with Gasteiger partial charge in [0.25, 0.3) is 0 Å². The summed E-state index contributed by atoms with van der Waals surface area (Å²) in [5, 5.41) is 11.8. The number of nitrogens with zero attached hydrogens (tertiary/aromatic N) is 4. The third-order valence-corrected chi connectivity index (χ3v) is 3.77. The zero-order valence-electron chi connectivity index (χ0n) is 11.3. The van der Waals surface area contributed by atoms with Crippen LogP contribution in [0.1, 0.15) is 38.1 Å². The van der Waals surface area contributed by atoms with Gasteiger partial charge in [-0.15, -0.1) is 0 Å². The van der Waals surface area contributed by atoms with Gasteiger partial charge in [0.05, 0.1) is 6.04 Å². The zero-order valence-corrected chi connectivity index (χ0v) is 11.3. The lowest BCUT2D eigenvalue weighted by molar-refractivity contribution is 0.246. The number of rotatable bonds is 3. The first-order valence-corrected chi connectivity index (χ1v) is 6.83. The first kappa shape index (κ1) is 12.3. The highest BCUT2D eigenvalue weighted by atomic mass is 16.5. The zero-order chi connectivity index (χ0) is 13.2. The van der Waals surface area contributed by atoms with E-state index in [-0.39, 0.29) is 6.04 Å². The molecule has 6 heteroatoms. The molecule has 1 aliphatic heterocycles. The van der Waals surface area contributed by atoms with Crippen molar-refractivity contribution in [2.45, 2.75) is 32.2 Å². The molecule has 0 saturated carbocycles. The van der Waals surface area contributed by atoms with Crippen molar-refractivity contribution in [2.24, 2.45) is 13.0 Å². The van der Waals surface area contributed by atoms with Crippen LogP contribution in [0.25, 0.3) is 11.5 Å². The van der Waals surface area contributed by atoms with Crippen LogP contribution < -0.4 is 5.32 Å². The van der Waals surface area contributed by atoms with E-state index in [4.69, 9.17) is 4.52 Å². The van der Waals surface area contributed by atoms with Gasteiger partial charge in [-0.05, 0) is 31.4 Å². The Morgan fingerprint density at radius 1 is 1.53 bits per heavy atom. The van der Waals surface area contributed by atoms with Gasteiger partial charge in [0.15, 0.2) is 0 Å². The Morgan fingerprint density at radius 3 is 3.16 bits per heavy atom. The fourth-order valence-corrected chi connectivity index (χ4v) is 2.57. The number of hydrogen-bond acceptors (Lipinski definition) is 5. The third kappa shape index (κ3) is 2.53. The minimum absolute atomic E-state index is 0.184. The van der Waals surface area contributed by atoms with Crippen LogP contribution in [-0.2, 0) is 7.05 Å². The summed E-state index contributed by atoms with van der Waals surface area (Å²) in [6, 6.07) is 2.07. The van der Waals surface area contributed by atoms with E-state index < -0.39 is 0 Å². The Labute approximate surface area is 112 Å². The fourth-order valence-electron chi connectivity index (χ4n) is 2.57. The summed E-state index contributed by atoms with van der Waals surface area (Å²) in [7, 11) is 1.87. The Kier molecular flexibility index (Phi) is 3.33. The lowest BCUT2D eigenvalue weighted by atomic mass is 9.90. The Morgan fingerprint density at radius 2 is 2.42 bits per heavy atom. The van der Waals surface area contributed by atoms with Gasteiger partial charge in [-0.3, -0.25) is 4.68 Å². The van der Waals surface area contributed by atoms with Gasteiger partial charge in [0.2, 0.25) is 11.7 Å².